The Balaban J connectivity index is 2.60. The Morgan fingerprint density at radius 1 is 1.53 bits per heavy atom. The van der Waals surface area contributed by atoms with E-state index in [0.717, 1.165) is 15.8 Å². The molecule has 0 bridgehead atoms. The van der Waals surface area contributed by atoms with Crippen LogP contribution in [0.1, 0.15) is 18.9 Å². The molecule has 1 amide bonds. The van der Waals surface area contributed by atoms with Crippen molar-refractivity contribution in [3.05, 3.63) is 28.2 Å². The van der Waals surface area contributed by atoms with Gasteiger partial charge in [-0.25, -0.2) is 0 Å². The van der Waals surface area contributed by atoms with Crippen molar-refractivity contribution in [2.75, 3.05) is 20.3 Å². The quantitative estimate of drug-likeness (QED) is 0.805. The van der Waals surface area contributed by atoms with Crippen LogP contribution in [0.5, 0.6) is 5.75 Å². The molecule has 1 atom stereocenters. The maximum Gasteiger partial charge on any atom is 0.219 e. The average Bonchev–Trinajstić information content (AvgIpc) is 2.43. The molecule has 106 valence electrons. The molecule has 0 aromatic heterocycles. The number of aliphatic hydroxyl groups is 1. The van der Waals surface area contributed by atoms with E-state index in [0.29, 0.717) is 19.4 Å². The first kappa shape index (κ1) is 16.0. The van der Waals surface area contributed by atoms with Gasteiger partial charge in [0.05, 0.1) is 11.6 Å². The van der Waals surface area contributed by atoms with Gasteiger partial charge in [0.15, 0.2) is 0 Å². The van der Waals surface area contributed by atoms with Gasteiger partial charge >= 0.3 is 0 Å². The van der Waals surface area contributed by atoms with Crippen molar-refractivity contribution in [1.82, 2.24) is 5.32 Å². The predicted molar refractivity (Wildman–Crippen MR) is 78.3 cm³/mol. The number of rotatable bonds is 7. The third-order valence-corrected chi connectivity index (χ3v) is 3.53. The van der Waals surface area contributed by atoms with E-state index in [2.05, 4.69) is 21.2 Å². The van der Waals surface area contributed by atoms with Gasteiger partial charge in [-0.05, 0) is 40.0 Å². The molecule has 0 aliphatic rings. The largest absolute Gasteiger partial charge is 0.496 e. The third kappa shape index (κ3) is 5.20. The van der Waals surface area contributed by atoms with E-state index < -0.39 is 0 Å². The summed E-state index contributed by atoms with van der Waals surface area (Å²) in [5.74, 6) is 0.814. The van der Waals surface area contributed by atoms with Crippen molar-refractivity contribution in [3.63, 3.8) is 0 Å². The second kappa shape index (κ2) is 8.17. The molecule has 0 heterocycles. The van der Waals surface area contributed by atoms with Gasteiger partial charge in [0.25, 0.3) is 0 Å². The molecule has 0 spiro atoms. The van der Waals surface area contributed by atoms with E-state index in [1.165, 1.54) is 0 Å². The molecule has 19 heavy (non-hydrogen) atoms. The van der Waals surface area contributed by atoms with Gasteiger partial charge in [0.1, 0.15) is 5.75 Å². The van der Waals surface area contributed by atoms with Gasteiger partial charge in [0.2, 0.25) is 5.91 Å². The summed E-state index contributed by atoms with van der Waals surface area (Å²) in [6.45, 7) is 2.35. The Morgan fingerprint density at radius 3 is 2.79 bits per heavy atom. The van der Waals surface area contributed by atoms with Gasteiger partial charge in [-0.2, -0.15) is 0 Å². The number of carbonyl (C=O) groups is 1. The molecule has 0 saturated heterocycles. The third-order valence-electron chi connectivity index (χ3n) is 2.91. The first-order valence-electron chi connectivity index (χ1n) is 6.30. The van der Waals surface area contributed by atoms with Crippen LogP contribution in [0.2, 0.25) is 0 Å². The van der Waals surface area contributed by atoms with E-state index in [9.17, 15) is 9.90 Å². The monoisotopic (exact) mass is 329 g/mol. The highest BCUT2D eigenvalue weighted by Crippen LogP contribution is 2.26. The number of amides is 1. The number of hydrogen-bond donors (Lipinski definition) is 2. The van der Waals surface area contributed by atoms with Crippen LogP contribution < -0.4 is 10.1 Å². The van der Waals surface area contributed by atoms with Crippen LogP contribution >= 0.6 is 15.9 Å². The molecule has 2 N–H and O–H groups in total. The Hall–Kier alpha value is -1.07. The molecule has 1 aromatic carbocycles. The summed E-state index contributed by atoms with van der Waals surface area (Å²) < 4.78 is 6.06. The number of nitrogens with one attached hydrogen (secondary N) is 1. The van der Waals surface area contributed by atoms with Crippen molar-refractivity contribution in [3.8, 4) is 5.75 Å². The summed E-state index contributed by atoms with van der Waals surface area (Å²) in [5, 5.41) is 12.2. The van der Waals surface area contributed by atoms with Crippen molar-refractivity contribution >= 4 is 21.8 Å². The van der Waals surface area contributed by atoms with Gasteiger partial charge < -0.3 is 15.2 Å². The maximum absolute atomic E-state index is 11.2. The minimum Gasteiger partial charge on any atom is -0.496 e. The minimum absolute atomic E-state index is 0.00867. The second-order valence-electron chi connectivity index (χ2n) is 4.38. The fourth-order valence-electron chi connectivity index (χ4n) is 1.75. The van der Waals surface area contributed by atoms with E-state index >= 15 is 0 Å². The molecule has 0 radical (unpaired) electrons. The Labute approximate surface area is 122 Å². The van der Waals surface area contributed by atoms with Crippen molar-refractivity contribution in [2.24, 2.45) is 5.92 Å². The van der Waals surface area contributed by atoms with E-state index in [-0.39, 0.29) is 18.4 Å². The van der Waals surface area contributed by atoms with E-state index in [4.69, 9.17) is 4.74 Å². The second-order valence-corrected chi connectivity index (χ2v) is 5.23. The van der Waals surface area contributed by atoms with Crippen LogP contribution in [-0.2, 0) is 11.2 Å². The lowest BCUT2D eigenvalue weighted by Crippen LogP contribution is -2.31. The number of halogens is 1. The number of methoxy groups -OCH3 is 1. The van der Waals surface area contributed by atoms with Gasteiger partial charge in [-0.1, -0.05) is 13.0 Å². The van der Waals surface area contributed by atoms with E-state index in [1.807, 2.05) is 25.1 Å². The lowest BCUT2D eigenvalue weighted by molar-refractivity contribution is -0.121. The molecule has 5 heteroatoms. The topological polar surface area (TPSA) is 58.6 Å². The summed E-state index contributed by atoms with van der Waals surface area (Å²) in [7, 11) is 1.62. The number of benzene rings is 1. The highest BCUT2D eigenvalue weighted by molar-refractivity contribution is 9.10. The summed E-state index contributed by atoms with van der Waals surface area (Å²) in [6.07, 6.45) is 1.18. The van der Waals surface area contributed by atoms with Gasteiger partial charge in [-0.3, -0.25) is 4.79 Å². The Kier molecular flexibility index (Phi) is 6.87. The molecular weight excluding hydrogens is 310 g/mol. The minimum atomic E-state index is 0.00867. The first-order chi connectivity index (χ1) is 9.10. The molecule has 0 aliphatic carbocycles. The van der Waals surface area contributed by atoms with Crippen molar-refractivity contribution in [2.45, 2.75) is 19.8 Å². The molecule has 1 unspecified atom stereocenters. The standard InChI is InChI=1S/C14H20BrNO3/c1-3-14(18)16-8-11(9-17)6-10-4-5-13(19-2)12(15)7-10/h4-5,7,11,17H,3,6,8-9H2,1-2H3,(H,16,18). The molecule has 4 nitrogen and oxygen atoms in total. The maximum atomic E-state index is 11.2. The van der Waals surface area contributed by atoms with Gasteiger partial charge in [0, 0.05) is 25.5 Å². The highest BCUT2D eigenvalue weighted by Gasteiger charge is 2.11. The van der Waals surface area contributed by atoms with E-state index in [1.54, 1.807) is 7.11 Å². The number of carbonyl (C=O) groups excluding carboxylic acids is 1. The van der Waals surface area contributed by atoms with Gasteiger partial charge in [-0.15, -0.1) is 0 Å². The zero-order valence-corrected chi connectivity index (χ0v) is 12.9. The Morgan fingerprint density at radius 2 is 2.26 bits per heavy atom. The fourth-order valence-corrected chi connectivity index (χ4v) is 2.34. The van der Waals surface area contributed by atoms with Crippen LogP contribution in [0, 0.1) is 5.92 Å². The average molecular weight is 330 g/mol. The summed E-state index contributed by atoms with van der Waals surface area (Å²) in [6, 6.07) is 5.83. The van der Waals surface area contributed by atoms with Crippen LogP contribution in [0.3, 0.4) is 0 Å². The van der Waals surface area contributed by atoms with Crippen LogP contribution in [0.25, 0.3) is 0 Å². The summed E-state index contributed by atoms with van der Waals surface area (Å²) >= 11 is 3.44. The lowest BCUT2D eigenvalue weighted by Gasteiger charge is -2.15. The van der Waals surface area contributed by atoms with Crippen molar-refractivity contribution in [1.29, 1.82) is 0 Å². The molecule has 1 rings (SSSR count). The lowest BCUT2D eigenvalue weighted by atomic mass is 10.00. The highest BCUT2D eigenvalue weighted by atomic mass is 79.9. The van der Waals surface area contributed by atoms with Crippen LogP contribution in [-0.4, -0.2) is 31.3 Å². The van der Waals surface area contributed by atoms with Crippen LogP contribution in [0.4, 0.5) is 0 Å². The van der Waals surface area contributed by atoms with Crippen molar-refractivity contribution < 1.29 is 14.6 Å². The first-order valence-corrected chi connectivity index (χ1v) is 7.10. The van der Waals surface area contributed by atoms with Crippen LogP contribution in [0.15, 0.2) is 22.7 Å². The molecule has 0 saturated carbocycles. The molecule has 1 aromatic rings. The summed E-state index contributed by atoms with van der Waals surface area (Å²) in [5.41, 5.74) is 1.09. The zero-order chi connectivity index (χ0) is 14.3. The number of ether oxygens (including phenoxy) is 1. The zero-order valence-electron chi connectivity index (χ0n) is 11.3. The number of aliphatic hydroxyl groups excluding tert-OH is 1. The normalized spacial score (nSPS) is 12.0. The SMILES string of the molecule is CCC(=O)NCC(CO)Cc1ccc(OC)c(Br)c1. The predicted octanol–water partition coefficient (Wildman–Crippen LogP) is 2.13. The molecular formula is C14H20BrNO3. The molecule has 0 fully saturated rings. The molecule has 0 aliphatic heterocycles. The Bertz CT molecular complexity index is 423. The summed E-state index contributed by atoms with van der Waals surface area (Å²) in [4.78, 5) is 11.2. The fraction of sp³-hybridized carbons (Fsp3) is 0.500. The smallest absolute Gasteiger partial charge is 0.219 e. The number of hydrogen-bond acceptors (Lipinski definition) is 3.